The quantitative estimate of drug-likeness (QED) is 0.790. The normalized spacial score (nSPS) is 18.3. The maximum absolute atomic E-state index is 12.2. The Hall–Kier alpha value is -2.28. The van der Waals surface area contributed by atoms with E-state index < -0.39 is 18.1 Å². The van der Waals surface area contributed by atoms with Crippen molar-refractivity contribution in [2.75, 3.05) is 20.8 Å². The Balaban J connectivity index is 2.23. The van der Waals surface area contributed by atoms with E-state index in [0.29, 0.717) is 30.1 Å². The molecule has 1 saturated heterocycles. The molecule has 0 aliphatic carbocycles. The SMILES string of the molecule is COc1ccc(C(CC(=O)O)NC(=O)C2CCCO2)c(OC)c1. The first-order valence-electron chi connectivity index (χ1n) is 7.41. The number of carbonyl (C=O) groups excluding carboxylic acids is 1. The summed E-state index contributed by atoms with van der Waals surface area (Å²) < 4.78 is 15.8. The summed E-state index contributed by atoms with van der Waals surface area (Å²) in [5.74, 6) is -0.263. The molecule has 2 atom stereocenters. The van der Waals surface area contributed by atoms with E-state index in [-0.39, 0.29) is 12.3 Å². The molecule has 0 bridgehead atoms. The van der Waals surface area contributed by atoms with Gasteiger partial charge in [-0.05, 0) is 25.0 Å². The Morgan fingerprint density at radius 2 is 2.17 bits per heavy atom. The second-order valence-electron chi connectivity index (χ2n) is 5.27. The summed E-state index contributed by atoms with van der Waals surface area (Å²) in [5.41, 5.74) is 0.585. The van der Waals surface area contributed by atoms with Crippen molar-refractivity contribution in [3.63, 3.8) is 0 Å². The first-order chi connectivity index (χ1) is 11.0. The van der Waals surface area contributed by atoms with Crippen molar-refractivity contribution in [2.24, 2.45) is 0 Å². The monoisotopic (exact) mass is 323 g/mol. The lowest BCUT2D eigenvalue weighted by Gasteiger charge is -2.22. The van der Waals surface area contributed by atoms with Crippen molar-refractivity contribution in [3.05, 3.63) is 23.8 Å². The first-order valence-corrected chi connectivity index (χ1v) is 7.41. The third-order valence-corrected chi connectivity index (χ3v) is 3.73. The summed E-state index contributed by atoms with van der Waals surface area (Å²) >= 11 is 0. The van der Waals surface area contributed by atoms with Crippen LogP contribution in [0.5, 0.6) is 11.5 Å². The molecule has 7 nitrogen and oxygen atoms in total. The highest BCUT2D eigenvalue weighted by atomic mass is 16.5. The lowest BCUT2D eigenvalue weighted by molar-refractivity contribution is -0.138. The van der Waals surface area contributed by atoms with E-state index in [1.807, 2.05) is 0 Å². The van der Waals surface area contributed by atoms with Crippen molar-refractivity contribution in [1.82, 2.24) is 5.32 Å². The molecule has 1 aliphatic rings. The van der Waals surface area contributed by atoms with Gasteiger partial charge in [-0.3, -0.25) is 9.59 Å². The maximum atomic E-state index is 12.2. The summed E-state index contributed by atoms with van der Waals surface area (Å²) in [7, 11) is 3.01. The van der Waals surface area contributed by atoms with Crippen molar-refractivity contribution in [1.29, 1.82) is 0 Å². The van der Waals surface area contributed by atoms with Gasteiger partial charge in [0.25, 0.3) is 0 Å². The lowest BCUT2D eigenvalue weighted by Crippen LogP contribution is -2.37. The maximum Gasteiger partial charge on any atom is 0.305 e. The molecule has 1 aromatic rings. The Morgan fingerprint density at radius 1 is 1.39 bits per heavy atom. The minimum atomic E-state index is -1.01. The lowest BCUT2D eigenvalue weighted by atomic mass is 10.0. The van der Waals surface area contributed by atoms with Crippen molar-refractivity contribution in [3.8, 4) is 11.5 Å². The fourth-order valence-corrected chi connectivity index (χ4v) is 2.57. The molecule has 1 heterocycles. The van der Waals surface area contributed by atoms with Gasteiger partial charge in [-0.25, -0.2) is 0 Å². The molecule has 126 valence electrons. The van der Waals surface area contributed by atoms with Gasteiger partial charge in [0.15, 0.2) is 0 Å². The summed E-state index contributed by atoms with van der Waals surface area (Å²) in [6, 6.07) is 4.35. The third-order valence-electron chi connectivity index (χ3n) is 3.73. The predicted molar refractivity (Wildman–Crippen MR) is 81.7 cm³/mol. The number of carboxylic acid groups (broad SMARTS) is 1. The van der Waals surface area contributed by atoms with E-state index in [1.165, 1.54) is 14.2 Å². The van der Waals surface area contributed by atoms with Crippen LogP contribution < -0.4 is 14.8 Å². The number of methoxy groups -OCH3 is 2. The zero-order valence-corrected chi connectivity index (χ0v) is 13.2. The number of carboxylic acids is 1. The number of benzene rings is 1. The topological polar surface area (TPSA) is 94.1 Å². The third kappa shape index (κ3) is 4.35. The van der Waals surface area contributed by atoms with Gasteiger partial charge in [0.1, 0.15) is 17.6 Å². The molecule has 1 amide bonds. The van der Waals surface area contributed by atoms with E-state index in [1.54, 1.807) is 18.2 Å². The molecule has 7 heteroatoms. The Kier molecular flexibility index (Phi) is 5.81. The molecule has 0 radical (unpaired) electrons. The van der Waals surface area contributed by atoms with Gasteiger partial charge in [0.05, 0.1) is 26.7 Å². The highest BCUT2D eigenvalue weighted by molar-refractivity contribution is 5.82. The standard InChI is InChI=1S/C16H21NO6/c1-21-10-5-6-11(14(8-10)22-2)12(9-15(18)19)17-16(20)13-4-3-7-23-13/h5-6,8,12-13H,3-4,7,9H2,1-2H3,(H,17,20)(H,18,19). The number of hydrogen-bond donors (Lipinski definition) is 2. The van der Waals surface area contributed by atoms with Gasteiger partial charge < -0.3 is 24.6 Å². The van der Waals surface area contributed by atoms with Crippen LogP contribution in [-0.2, 0) is 14.3 Å². The molecule has 2 rings (SSSR count). The van der Waals surface area contributed by atoms with Crippen LogP contribution >= 0.6 is 0 Å². The molecule has 1 aliphatic heterocycles. The van der Waals surface area contributed by atoms with Gasteiger partial charge >= 0.3 is 5.97 Å². The molecule has 0 spiro atoms. The van der Waals surface area contributed by atoms with Gasteiger partial charge in [-0.2, -0.15) is 0 Å². The highest BCUT2D eigenvalue weighted by Gasteiger charge is 2.28. The summed E-state index contributed by atoms with van der Waals surface area (Å²) in [4.78, 5) is 23.4. The fraction of sp³-hybridized carbons (Fsp3) is 0.500. The van der Waals surface area contributed by atoms with Crippen molar-refractivity contribution in [2.45, 2.75) is 31.4 Å². The first kappa shape index (κ1) is 17.1. The number of nitrogens with one attached hydrogen (secondary N) is 1. The van der Waals surface area contributed by atoms with Crippen LogP contribution in [0.4, 0.5) is 0 Å². The summed E-state index contributed by atoms with van der Waals surface area (Å²) in [5, 5.41) is 11.9. The number of carbonyl (C=O) groups is 2. The van der Waals surface area contributed by atoms with Gasteiger partial charge in [-0.15, -0.1) is 0 Å². The van der Waals surface area contributed by atoms with E-state index in [4.69, 9.17) is 19.3 Å². The Bertz CT molecular complexity index is 568. The van der Waals surface area contributed by atoms with E-state index in [9.17, 15) is 9.59 Å². The summed E-state index contributed by atoms with van der Waals surface area (Å²) in [6.45, 7) is 0.549. The molecule has 0 saturated carbocycles. The highest BCUT2D eigenvalue weighted by Crippen LogP contribution is 2.31. The zero-order chi connectivity index (χ0) is 16.8. The van der Waals surface area contributed by atoms with Crippen molar-refractivity contribution < 1.29 is 28.9 Å². The van der Waals surface area contributed by atoms with Crippen LogP contribution in [0.1, 0.15) is 30.9 Å². The Labute approximate surface area is 134 Å². The van der Waals surface area contributed by atoms with Crippen LogP contribution in [0.25, 0.3) is 0 Å². The van der Waals surface area contributed by atoms with Crippen LogP contribution in [0.3, 0.4) is 0 Å². The second-order valence-corrected chi connectivity index (χ2v) is 5.27. The minimum absolute atomic E-state index is 0.249. The van der Waals surface area contributed by atoms with Crippen LogP contribution in [-0.4, -0.2) is 43.9 Å². The average molecular weight is 323 g/mol. The number of ether oxygens (including phenoxy) is 3. The second kappa shape index (κ2) is 7.82. The molecule has 0 aromatic heterocycles. The number of amides is 1. The van der Waals surface area contributed by atoms with E-state index >= 15 is 0 Å². The fourth-order valence-electron chi connectivity index (χ4n) is 2.57. The largest absolute Gasteiger partial charge is 0.497 e. The smallest absolute Gasteiger partial charge is 0.305 e. The van der Waals surface area contributed by atoms with Crippen LogP contribution in [0.2, 0.25) is 0 Å². The molecule has 2 unspecified atom stereocenters. The molecule has 23 heavy (non-hydrogen) atoms. The molecular formula is C16H21NO6. The number of hydrogen-bond acceptors (Lipinski definition) is 5. The van der Waals surface area contributed by atoms with Crippen molar-refractivity contribution >= 4 is 11.9 Å². The van der Waals surface area contributed by atoms with E-state index in [2.05, 4.69) is 5.32 Å². The number of rotatable bonds is 7. The molecular weight excluding hydrogens is 302 g/mol. The average Bonchev–Trinajstić information content (AvgIpc) is 3.07. The molecule has 1 aromatic carbocycles. The number of aliphatic carboxylic acids is 1. The van der Waals surface area contributed by atoms with Crippen LogP contribution in [0, 0.1) is 0 Å². The van der Waals surface area contributed by atoms with Gasteiger partial charge in [0.2, 0.25) is 5.91 Å². The van der Waals surface area contributed by atoms with Gasteiger partial charge in [0, 0.05) is 18.2 Å². The van der Waals surface area contributed by atoms with E-state index in [0.717, 1.165) is 6.42 Å². The molecule has 2 N–H and O–H groups in total. The van der Waals surface area contributed by atoms with Crippen LogP contribution in [0.15, 0.2) is 18.2 Å². The summed E-state index contributed by atoms with van der Waals surface area (Å²) in [6.07, 6.45) is 0.704. The predicted octanol–water partition coefficient (Wildman–Crippen LogP) is 1.51. The van der Waals surface area contributed by atoms with Gasteiger partial charge in [-0.1, -0.05) is 0 Å². The molecule has 1 fully saturated rings. The zero-order valence-electron chi connectivity index (χ0n) is 13.2. The minimum Gasteiger partial charge on any atom is -0.497 e. The Morgan fingerprint density at radius 3 is 2.74 bits per heavy atom.